The van der Waals surface area contributed by atoms with Crippen LogP contribution in [0.3, 0.4) is 0 Å². The quantitative estimate of drug-likeness (QED) is 0.802. The molecule has 2 rings (SSSR count). The highest BCUT2D eigenvalue weighted by molar-refractivity contribution is 5.45. The van der Waals surface area contributed by atoms with Crippen LogP contribution in [0.2, 0.25) is 0 Å². The molecule has 2 aromatic rings. The van der Waals surface area contributed by atoms with Gasteiger partial charge in [-0.2, -0.15) is 5.10 Å². The number of nitrogens with zero attached hydrogens (tertiary/aromatic N) is 2. The predicted octanol–water partition coefficient (Wildman–Crippen LogP) is 2.22. The molecule has 0 aliphatic rings. The highest BCUT2D eigenvalue weighted by Crippen LogP contribution is 2.09. The van der Waals surface area contributed by atoms with Crippen molar-refractivity contribution < 1.29 is 4.74 Å². The minimum Gasteiger partial charge on any atom is -0.488 e. The smallest absolute Gasteiger partial charge is 0.157 e. The summed E-state index contributed by atoms with van der Waals surface area (Å²) in [7, 11) is 1.87. The second kappa shape index (κ2) is 5.39. The zero-order valence-electron chi connectivity index (χ0n) is 10.2. The van der Waals surface area contributed by atoms with Gasteiger partial charge in [-0.3, -0.25) is 4.68 Å². The van der Waals surface area contributed by atoms with E-state index in [9.17, 15) is 0 Å². The lowest BCUT2D eigenvalue weighted by atomic mass is 10.2. The van der Waals surface area contributed by atoms with Crippen LogP contribution in [0.1, 0.15) is 5.56 Å². The molecule has 1 aromatic heterocycles. The topological polar surface area (TPSA) is 39.1 Å². The molecule has 17 heavy (non-hydrogen) atoms. The highest BCUT2D eigenvalue weighted by atomic mass is 16.5. The van der Waals surface area contributed by atoms with Crippen LogP contribution < -0.4 is 10.1 Å². The molecule has 0 aliphatic heterocycles. The Hall–Kier alpha value is -1.97. The first-order valence-corrected chi connectivity index (χ1v) is 5.66. The Morgan fingerprint density at radius 1 is 1.41 bits per heavy atom. The molecule has 4 nitrogen and oxygen atoms in total. The molecule has 4 heteroatoms. The molecule has 0 amide bonds. The molecule has 1 heterocycles. The van der Waals surface area contributed by atoms with Crippen molar-refractivity contribution in [3.63, 3.8) is 0 Å². The van der Waals surface area contributed by atoms with Crippen molar-refractivity contribution in [1.29, 1.82) is 0 Å². The third kappa shape index (κ3) is 3.52. The van der Waals surface area contributed by atoms with Gasteiger partial charge in [-0.15, -0.1) is 0 Å². The number of nitrogens with one attached hydrogen (secondary N) is 1. The lowest BCUT2D eigenvalue weighted by Crippen LogP contribution is -2.11. The highest BCUT2D eigenvalue weighted by Gasteiger charge is 1.96. The summed E-state index contributed by atoms with van der Waals surface area (Å²) >= 11 is 0. The fraction of sp³-hybridized carbons (Fsp3) is 0.308. The van der Waals surface area contributed by atoms with Crippen LogP contribution in [-0.4, -0.2) is 22.9 Å². The number of aromatic nitrogens is 2. The van der Waals surface area contributed by atoms with E-state index in [1.54, 1.807) is 10.9 Å². The van der Waals surface area contributed by atoms with Gasteiger partial charge in [-0.05, 0) is 24.6 Å². The molecule has 0 fully saturated rings. The van der Waals surface area contributed by atoms with Crippen LogP contribution in [0, 0.1) is 6.92 Å². The molecule has 1 N–H and O–H groups in total. The summed E-state index contributed by atoms with van der Waals surface area (Å²) in [6.07, 6.45) is 3.57. The van der Waals surface area contributed by atoms with Crippen molar-refractivity contribution >= 4 is 5.69 Å². The molecule has 1 aromatic carbocycles. The zero-order valence-corrected chi connectivity index (χ0v) is 10.2. The third-order valence-corrected chi connectivity index (χ3v) is 2.40. The van der Waals surface area contributed by atoms with Crippen molar-refractivity contribution in [2.45, 2.75) is 6.92 Å². The molecule has 0 unspecified atom stereocenters. The molecule has 0 radical (unpaired) electrons. The third-order valence-electron chi connectivity index (χ3n) is 2.40. The molecule has 0 aliphatic carbocycles. The van der Waals surface area contributed by atoms with E-state index in [2.05, 4.69) is 35.5 Å². The van der Waals surface area contributed by atoms with E-state index < -0.39 is 0 Å². The van der Waals surface area contributed by atoms with E-state index in [0.29, 0.717) is 6.61 Å². The number of anilines is 1. The molecule has 0 saturated heterocycles. The Labute approximate surface area is 101 Å². The fourth-order valence-electron chi connectivity index (χ4n) is 1.59. The van der Waals surface area contributed by atoms with Crippen molar-refractivity contribution in [1.82, 2.24) is 9.78 Å². The van der Waals surface area contributed by atoms with Gasteiger partial charge in [-0.1, -0.05) is 12.1 Å². The summed E-state index contributed by atoms with van der Waals surface area (Å²) in [6, 6.07) is 8.29. The maximum atomic E-state index is 5.53. The van der Waals surface area contributed by atoms with E-state index in [4.69, 9.17) is 4.74 Å². The Kier molecular flexibility index (Phi) is 3.65. The monoisotopic (exact) mass is 231 g/mol. The maximum absolute atomic E-state index is 5.53. The molecule has 0 spiro atoms. The van der Waals surface area contributed by atoms with E-state index in [1.807, 2.05) is 19.3 Å². The Morgan fingerprint density at radius 3 is 3.00 bits per heavy atom. The minimum atomic E-state index is 0.625. The SMILES string of the molecule is Cc1cccc(NCCOc2cnn(C)c2)c1. The van der Waals surface area contributed by atoms with Crippen molar-refractivity contribution in [3.8, 4) is 5.75 Å². The van der Waals surface area contributed by atoms with E-state index in [1.165, 1.54) is 5.56 Å². The van der Waals surface area contributed by atoms with E-state index >= 15 is 0 Å². The van der Waals surface area contributed by atoms with E-state index in [-0.39, 0.29) is 0 Å². The normalized spacial score (nSPS) is 10.2. The van der Waals surface area contributed by atoms with Crippen molar-refractivity contribution in [2.75, 3.05) is 18.5 Å². The van der Waals surface area contributed by atoms with Gasteiger partial charge in [0.2, 0.25) is 0 Å². The van der Waals surface area contributed by atoms with Gasteiger partial charge < -0.3 is 10.1 Å². The Balaban J connectivity index is 1.73. The van der Waals surface area contributed by atoms with Gasteiger partial charge in [0.15, 0.2) is 5.75 Å². The van der Waals surface area contributed by atoms with Crippen LogP contribution in [-0.2, 0) is 7.05 Å². The summed E-state index contributed by atoms with van der Waals surface area (Å²) in [5, 5.41) is 7.35. The van der Waals surface area contributed by atoms with Crippen LogP contribution in [0.4, 0.5) is 5.69 Å². The van der Waals surface area contributed by atoms with E-state index in [0.717, 1.165) is 18.0 Å². The molecule has 0 bridgehead atoms. The summed E-state index contributed by atoms with van der Waals surface area (Å²) in [5.74, 6) is 0.804. The van der Waals surface area contributed by atoms with Gasteiger partial charge >= 0.3 is 0 Å². The first-order valence-electron chi connectivity index (χ1n) is 5.66. The zero-order chi connectivity index (χ0) is 12.1. The standard InChI is InChI=1S/C13H17N3O/c1-11-4-3-5-12(8-11)14-6-7-17-13-9-15-16(2)10-13/h3-5,8-10,14H,6-7H2,1-2H3. The van der Waals surface area contributed by atoms with Gasteiger partial charge in [0.1, 0.15) is 6.61 Å². The molecule has 0 atom stereocenters. The number of ether oxygens (including phenoxy) is 1. The summed E-state index contributed by atoms with van der Waals surface area (Å²) in [4.78, 5) is 0. The second-order valence-electron chi connectivity index (χ2n) is 3.99. The first-order chi connectivity index (χ1) is 8.24. The lowest BCUT2D eigenvalue weighted by Gasteiger charge is -2.07. The minimum absolute atomic E-state index is 0.625. The predicted molar refractivity (Wildman–Crippen MR) is 68.4 cm³/mol. The van der Waals surface area contributed by atoms with Crippen LogP contribution in [0.15, 0.2) is 36.7 Å². The number of aryl methyl sites for hydroxylation is 2. The number of hydrogen-bond acceptors (Lipinski definition) is 3. The van der Waals surface area contributed by atoms with Crippen molar-refractivity contribution in [2.24, 2.45) is 7.05 Å². The Bertz CT molecular complexity index is 479. The summed E-state index contributed by atoms with van der Waals surface area (Å²) < 4.78 is 7.26. The van der Waals surface area contributed by atoms with Crippen LogP contribution in [0.25, 0.3) is 0 Å². The molecular weight excluding hydrogens is 214 g/mol. The number of benzene rings is 1. The average Bonchev–Trinajstić information content (AvgIpc) is 2.71. The second-order valence-corrected chi connectivity index (χ2v) is 3.99. The van der Waals surface area contributed by atoms with Gasteiger partial charge in [0.25, 0.3) is 0 Å². The first kappa shape index (κ1) is 11.5. The lowest BCUT2D eigenvalue weighted by molar-refractivity contribution is 0.332. The summed E-state index contributed by atoms with van der Waals surface area (Å²) in [6.45, 7) is 3.48. The average molecular weight is 231 g/mol. The summed E-state index contributed by atoms with van der Waals surface area (Å²) in [5.41, 5.74) is 2.38. The molecular formula is C13H17N3O. The number of hydrogen-bond donors (Lipinski definition) is 1. The van der Waals surface area contributed by atoms with Crippen LogP contribution >= 0.6 is 0 Å². The van der Waals surface area contributed by atoms with Crippen molar-refractivity contribution in [3.05, 3.63) is 42.2 Å². The Morgan fingerprint density at radius 2 is 2.29 bits per heavy atom. The molecule has 0 saturated carbocycles. The fourth-order valence-corrected chi connectivity index (χ4v) is 1.59. The van der Waals surface area contributed by atoms with Gasteiger partial charge in [0.05, 0.1) is 12.4 Å². The molecule has 90 valence electrons. The maximum Gasteiger partial charge on any atom is 0.157 e. The van der Waals surface area contributed by atoms with Gasteiger partial charge in [0, 0.05) is 19.3 Å². The largest absolute Gasteiger partial charge is 0.488 e. The van der Waals surface area contributed by atoms with Crippen LogP contribution in [0.5, 0.6) is 5.75 Å². The number of rotatable bonds is 5. The van der Waals surface area contributed by atoms with Gasteiger partial charge in [-0.25, -0.2) is 0 Å².